The minimum absolute atomic E-state index is 0.0314. The molecular weight excluding hydrogens is 310 g/mol. The normalized spacial score (nSPS) is 12.8. The molecule has 0 amide bonds. The van der Waals surface area contributed by atoms with Crippen LogP contribution in [0.1, 0.15) is 24.2 Å². The monoisotopic (exact) mass is 327 g/mol. The zero-order valence-electron chi connectivity index (χ0n) is 13.3. The number of nitrogens with zero attached hydrogens (tertiary/aromatic N) is 2. The van der Waals surface area contributed by atoms with E-state index in [0.29, 0.717) is 17.0 Å². The van der Waals surface area contributed by atoms with Crippen molar-refractivity contribution in [2.45, 2.75) is 19.1 Å². The fraction of sp³-hybridized carbons (Fsp3) is 0.235. The molecule has 2 rings (SSSR count). The molecule has 0 heterocycles. The van der Waals surface area contributed by atoms with Crippen LogP contribution in [0.2, 0.25) is 0 Å². The van der Waals surface area contributed by atoms with Gasteiger partial charge in [-0.3, -0.25) is 10.1 Å². The molecule has 0 bridgehead atoms. The van der Waals surface area contributed by atoms with Crippen molar-refractivity contribution < 1.29 is 14.8 Å². The zero-order chi connectivity index (χ0) is 17.7. The van der Waals surface area contributed by atoms with E-state index in [1.165, 1.54) is 18.2 Å². The molecule has 0 aliphatic heterocycles. The molecule has 0 unspecified atom stereocenters. The lowest BCUT2D eigenvalue weighted by Crippen LogP contribution is -2.24. The van der Waals surface area contributed by atoms with Crippen molar-refractivity contribution in [2.24, 2.45) is 0 Å². The Morgan fingerprint density at radius 1 is 1.29 bits per heavy atom. The summed E-state index contributed by atoms with van der Waals surface area (Å²) in [5.41, 5.74) is 0.956. The van der Waals surface area contributed by atoms with E-state index in [1.807, 2.05) is 0 Å². The number of aliphatic hydroxyl groups excluding tert-OH is 1. The summed E-state index contributed by atoms with van der Waals surface area (Å²) in [5.74, 6) is 0.695. The summed E-state index contributed by atoms with van der Waals surface area (Å²) < 4.78 is 5.08. The number of hydrogen-bond donors (Lipinski definition) is 2. The molecule has 7 nitrogen and oxygen atoms in total. The molecule has 0 aliphatic rings. The highest BCUT2D eigenvalue weighted by atomic mass is 16.6. The van der Waals surface area contributed by atoms with Crippen molar-refractivity contribution in [2.75, 3.05) is 12.4 Å². The SMILES string of the molecule is COc1ccc([C@@H](O)[C@@H](C)Nc2ccc([N+](=O)[O-])c(C#N)c2)cc1. The predicted octanol–water partition coefficient (Wildman–Crippen LogP) is 3.01. The second kappa shape index (κ2) is 7.44. The van der Waals surface area contributed by atoms with E-state index in [-0.39, 0.29) is 17.3 Å². The fourth-order valence-corrected chi connectivity index (χ4v) is 2.31. The van der Waals surface area contributed by atoms with E-state index >= 15 is 0 Å². The summed E-state index contributed by atoms with van der Waals surface area (Å²) in [7, 11) is 1.57. The minimum atomic E-state index is -0.795. The molecule has 2 aromatic rings. The van der Waals surface area contributed by atoms with Gasteiger partial charge in [-0.2, -0.15) is 5.26 Å². The maximum absolute atomic E-state index is 10.8. The van der Waals surface area contributed by atoms with E-state index in [0.717, 1.165) is 0 Å². The Morgan fingerprint density at radius 2 is 1.96 bits per heavy atom. The Labute approximate surface area is 139 Å². The van der Waals surface area contributed by atoms with Crippen LogP contribution >= 0.6 is 0 Å². The van der Waals surface area contributed by atoms with Crippen LogP contribution in [0.5, 0.6) is 5.75 Å². The van der Waals surface area contributed by atoms with Crippen LogP contribution in [0, 0.1) is 21.4 Å². The average molecular weight is 327 g/mol. The first-order chi connectivity index (χ1) is 11.5. The van der Waals surface area contributed by atoms with Crippen LogP contribution in [0.15, 0.2) is 42.5 Å². The topological polar surface area (TPSA) is 108 Å². The first-order valence-electron chi connectivity index (χ1n) is 7.23. The lowest BCUT2D eigenvalue weighted by atomic mass is 10.0. The van der Waals surface area contributed by atoms with Crippen molar-refractivity contribution in [3.63, 3.8) is 0 Å². The number of nitriles is 1. The molecule has 7 heteroatoms. The van der Waals surface area contributed by atoms with Gasteiger partial charge in [-0.25, -0.2) is 0 Å². The lowest BCUT2D eigenvalue weighted by molar-refractivity contribution is -0.385. The molecule has 0 saturated carbocycles. The molecule has 0 aromatic heterocycles. The number of nitrogens with one attached hydrogen (secondary N) is 1. The van der Waals surface area contributed by atoms with Gasteiger partial charge in [0.15, 0.2) is 0 Å². The summed E-state index contributed by atoms with van der Waals surface area (Å²) in [4.78, 5) is 10.2. The van der Waals surface area contributed by atoms with Gasteiger partial charge in [-0.15, -0.1) is 0 Å². The highest BCUT2D eigenvalue weighted by Gasteiger charge is 2.18. The number of benzene rings is 2. The van der Waals surface area contributed by atoms with E-state index in [2.05, 4.69) is 5.32 Å². The Kier molecular flexibility index (Phi) is 5.35. The number of anilines is 1. The molecule has 2 atom stereocenters. The summed E-state index contributed by atoms with van der Waals surface area (Å²) in [6, 6.07) is 12.7. The molecule has 0 fully saturated rings. The van der Waals surface area contributed by atoms with Gasteiger partial charge in [0.1, 0.15) is 17.4 Å². The van der Waals surface area contributed by atoms with Crippen LogP contribution in [0.3, 0.4) is 0 Å². The number of nitro benzene ring substituents is 1. The third kappa shape index (κ3) is 3.80. The third-order valence-electron chi connectivity index (χ3n) is 3.64. The average Bonchev–Trinajstić information content (AvgIpc) is 2.60. The van der Waals surface area contributed by atoms with Crippen LogP contribution in [-0.2, 0) is 0 Å². The Morgan fingerprint density at radius 3 is 2.50 bits per heavy atom. The number of nitro groups is 1. The van der Waals surface area contributed by atoms with Crippen molar-refractivity contribution in [1.82, 2.24) is 0 Å². The number of ether oxygens (including phenoxy) is 1. The summed E-state index contributed by atoms with van der Waals surface area (Å²) in [6.07, 6.45) is -0.795. The van der Waals surface area contributed by atoms with Gasteiger partial charge < -0.3 is 15.2 Å². The van der Waals surface area contributed by atoms with Gasteiger partial charge >= 0.3 is 0 Å². The number of rotatable bonds is 6. The largest absolute Gasteiger partial charge is 0.497 e. The lowest BCUT2D eigenvalue weighted by Gasteiger charge is -2.22. The van der Waals surface area contributed by atoms with Crippen LogP contribution < -0.4 is 10.1 Å². The Balaban J connectivity index is 2.14. The number of hydrogen-bond acceptors (Lipinski definition) is 6. The summed E-state index contributed by atoms with van der Waals surface area (Å²) >= 11 is 0. The van der Waals surface area contributed by atoms with Crippen molar-refractivity contribution in [3.8, 4) is 11.8 Å². The second-order valence-electron chi connectivity index (χ2n) is 5.25. The highest BCUT2D eigenvalue weighted by Crippen LogP contribution is 2.25. The van der Waals surface area contributed by atoms with E-state index in [9.17, 15) is 15.2 Å². The molecule has 2 aromatic carbocycles. The molecular formula is C17H17N3O4. The number of aliphatic hydroxyl groups is 1. The van der Waals surface area contributed by atoms with Gasteiger partial charge in [-0.1, -0.05) is 12.1 Å². The van der Waals surface area contributed by atoms with E-state index in [1.54, 1.807) is 44.4 Å². The maximum Gasteiger partial charge on any atom is 0.287 e. The minimum Gasteiger partial charge on any atom is -0.497 e. The molecule has 124 valence electrons. The first kappa shape index (κ1) is 17.2. The maximum atomic E-state index is 10.8. The molecule has 2 N–H and O–H groups in total. The molecule has 0 radical (unpaired) electrons. The first-order valence-corrected chi connectivity index (χ1v) is 7.23. The molecule has 24 heavy (non-hydrogen) atoms. The standard InChI is InChI=1S/C17H17N3O4/c1-11(17(21)12-3-6-15(24-2)7-4-12)19-14-5-8-16(20(22)23)13(9-14)10-18/h3-9,11,17,19,21H,1-2H3/t11-,17+/m1/s1. The third-order valence-corrected chi connectivity index (χ3v) is 3.64. The van der Waals surface area contributed by atoms with Crippen LogP contribution in [0.4, 0.5) is 11.4 Å². The summed E-state index contributed by atoms with van der Waals surface area (Å²) in [5, 5.41) is 33.3. The van der Waals surface area contributed by atoms with Crippen LogP contribution in [-0.4, -0.2) is 23.2 Å². The Bertz CT molecular complexity index is 768. The quantitative estimate of drug-likeness (QED) is 0.623. The zero-order valence-corrected chi connectivity index (χ0v) is 13.3. The Hall–Kier alpha value is -3.11. The van der Waals surface area contributed by atoms with E-state index < -0.39 is 11.0 Å². The van der Waals surface area contributed by atoms with Gasteiger partial charge in [0, 0.05) is 11.8 Å². The van der Waals surface area contributed by atoms with Gasteiger partial charge in [0.05, 0.1) is 24.2 Å². The number of methoxy groups -OCH3 is 1. The van der Waals surface area contributed by atoms with Gasteiger partial charge in [-0.05, 0) is 36.8 Å². The van der Waals surface area contributed by atoms with Gasteiger partial charge in [0.25, 0.3) is 5.69 Å². The molecule has 0 aliphatic carbocycles. The van der Waals surface area contributed by atoms with Crippen LogP contribution in [0.25, 0.3) is 0 Å². The van der Waals surface area contributed by atoms with Gasteiger partial charge in [0.2, 0.25) is 0 Å². The predicted molar refractivity (Wildman–Crippen MR) is 88.8 cm³/mol. The van der Waals surface area contributed by atoms with E-state index in [4.69, 9.17) is 10.00 Å². The smallest absolute Gasteiger partial charge is 0.287 e. The van der Waals surface area contributed by atoms with Crippen molar-refractivity contribution >= 4 is 11.4 Å². The second-order valence-corrected chi connectivity index (χ2v) is 5.25. The molecule has 0 saturated heterocycles. The van der Waals surface area contributed by atoms with Crippen molar-refractivity contribution in [3.05, 3.63) is 63.7 Å². The van der Waals surface area contributed by atoms with Crippen molar-refractivity contribution in [1.29, 1.82) is 5.26 Å². The summed E-state index contributed by atoms with van der Waals surface area (Å²) in [6.45, 7) is 1.78. The fourth-order valence-electron chi connectivity index (χ4n) is 2.31. The highest BCUT2D eigenvalue weighted by molar-refractivity contribution is 5.59. The molecule has 0 spiro atoms.